The van der Waals surface area contributed by atoms with Crippen LogP contribution < -0.4 is 9.62 Å². The molecule has 0 aliphatic heterocycles. The number of aliphatic hydroxyl groups is 1. The first-order chi connectivity index (χ1) is 17.6. The first kappa shape index (κ1) is 28.4. The summed E-state index contributed by atoms with van der Waals surface area (Å²) in [4.78, 5) is 10.3. The van der Waals surface area contributed by atoms with Crippen molar-refractivity contribution in [1.82, 2.24) is 9.97 Å². The minimum Gasteiger partial charge on any atom is -0.396 e. The van der Waals surface area contributed by atoms with E-state index in [4.69, 9.17) is 5.11 Å². The maximum atomic E-state index is 13.7. The zero-order valence-electron chi connectivity index (χ0n) is 20.8. The molecule has 0 saturated heterocycles. The highest BCUT2D eigenvalue weighted by molar-refractivity contribution is 7.92. The molecule has 2 aromatic heterocycles. The number of nitrogens with zero attached hydrogens (tertiary/aromatic N) is 3. The van der Waals surface area contributed by atoms with Gasteiger partial charge < -0.3 is 10.0 Å². The lowest BCUT2D eigenvalue weighted by Gasteiger charge is -2.24. The van der Waals surface area contributed by atoms with E-state index in [0.717, 1.165) is 25.0 Å². The van der Waals surface area contributed by atoms with Gasteiger partial charge in [0.05, 0.1) is 11.3 Å². The smallest absolute Gasteiger partial charge is 0.396 e. The summed E-state index contributed by atoms with van der Waals surface area (Å²) in [6.07, 6.45) is -1.51. The van der Waals surface area contributed by atoms with Gasteiger partial charge in [-0.3, -0.25) is 4.72 Å². The standard InChI is InChI=1S/C26H31F3N4O3S/c1-3-4-16-33(17-7-8-18-34)23-12-9-13-24(31-23)37(35,36)32-22-15-14-21(26(27,28)29)25(30-22)20-11-6-5-10-19(20)2/h5-6,9-15,34H,3-4,7-8,16-18H2,1-2H3,(H,30,32). The minimum atomic E-state index is -4.67. The molecule has 0 unspecified atom stereocenters. The molecule has 0 saturated carbocycles. The Bertz CT molecular complexity index is 1300. The summed E-state index contributed by atoms with van der Waals surface area (Å²) in [5.74, 6) is 0.222. The van der Waals surface area contributed by atoms with Crippen LogP contribution in [-0.2, 0) is 16.2 Å². The number of nitrogens with one attached hydrogen (secondary N) is 1. The van der Waals surface area contributed by atoms with Gasteiger partial charge in [0.2, 0.25) is 0 Å². The lowest BCUT2D eigenvalue weighted by atomic mass is 10.0. The van der Waals surface area contributed by atoms with Gasteiger partial charge in [0.25, 0.3) is 10.0 Å². The summed E-state index contributed by atoms with van der Waals surface area (Å²) in [7, 11) is -4.24. The highest BCUT2D eigenvalue weighted by atomic mass is 32.2. The molecule has 11 heteroatoms. The van der Waals surface area contributed by atoms with Crippen LogP contribution in [0.4, 0.5) is 24.8 Å². The van der Waals surface area contributed by atoms with Crippen molar-refractivity contribution in [3.63, 3.8) is 0 Å². The number of hydrogen-bond donors (Lipinski definition) is 2. The van der Waals surface area contributed by atoms with Gasteiger partial charge in [-0.15, -0.1) is 0 Å². The molecule has 0 bridgehead atoms. The van der Waals surface area contributed by atoms with Gasteiger partial charge >= 0.3 is 6.18 Å². The van der Waals surface area contributed by atoms with Gasteiger partial charge in [-0.1, -0.05) is 43.7 Å². The Balaban J connectivity index is 1.95. The number of halogens is 3. The van der Waals surface area contributed by atoms with Gasteiger partial charge in [0.1, 0.15) is 11.6 Å². The summed E-state index contributed by atoms with van der Waals surface area (Å²) in [6, 6.07) is 12.9. The van der Waals surface area contributed by atoms with E-state index in [-0.39, 0.29) is 28.7 Å². The van der Waals surface area contributed by atoms with Crippen molar-refractivity contribution in [2.24, 2.45) is 0 Å². The van der Waals surface area contributed by atoms with Gasteiger partial charge in [-0.25, -0.2) is 9.97 Å². The molecule has 0 amide bonds. The van der Waals surface area contributed by atoms with Crippen LogP contribution in [0.5, 0.6) is 0 Å². The highest BCUT2D eigenvalue weighted by Gasteiger charge is 2.35. The molecule has 0 fully saturated rings. The van der Waals surface area contributed by atoms with E-state index in [1.807, 2.05) is 11.8 Å². The summed E-state index contributed by atoms with van der Waals surface area (Å²) in [6.45, 7) is 5.05. The fourth-order valence-corrected chi connectivity index (χ4v) is 4.78. The lowest BCUT2D eigenvalue weighted by Crippen LogP contribution is -2.27. The van der Waals surface area contributed by atoms with Gasteiger partial charge in [-0.2, -0.15) is 21.6 Å². The van der Waals surface area contributed by atoms with Crippen LogP contribution in [0.15, 0.2) is 59.6 Å². The highest BCUT2D eigenvalue weighted by Crippen LogP contribution is 2.38. The van der Waals surface area contributed by atoms with Crippen molar-refractivity contribution in [1.29, 1.82) is 0 Å². The van der Waals surface area contributed by atoms with Crippen molar-refractivity contribution < 1.29 is 26.7 Å². The van der Waals surface area contributed by atoms with Crippen LogP contribution in [0, 0.1) is 6.92 Å². The lowest BCUT2D eigenvalue weighted by molar-refractivity contribution is -0.137. The van der Waals surface area contributed by atoms with Crippen molar-refractivity contribution in [3.8, 4) is 11.3 Å². The molecule has 1 aromatic carbocycles. The van der Waals surface area contributed by atoms with Gasteiger partial charge in [-0.05, 0) is 56.0 Å². The normalized spacial score (nSPS) is 11.9. The van der Waals surface area contributed by atoms with Crippen LogP contribution in [0.3, 0.4) is 0 Å². The topological polar surface area (TPSA) is 95.4 Å². The van der Waals surface area contributed by atoms with Crippen molar-refractivity contribution in [2.45, 2.75) is 50.7 Å². The van der Waals surface area contributed by atoms with Crippen LogP contribution in [0.25, 0.3) is 11.3 Å². The number of anilines is 2. The zero-order chi connectivity index (χ0) is 27.1. The third-order valence-electron chi connectivity index (χ3n) is 5.77. The molecular weight excluding hydrogens is 505 g/mol. The number of aryl methyl sites for hydroxylation is 1. The number of pyridine rings is 2. The monoisotopic (exact) mass is 536 g/mol. The SMILES string of the molecule is CCCCN(CCCCO)c1cccc(S(=O)(=O)Nc2ccc(C(F)(F)F)c(-c3ccccc3C)n2)n1. The molecule has 0 aliphatic carbocycles. The Morgan fingerprint density at radius 3 is 2.35 bits per heavy atom. The number of aliphatic hydroxyl groups excluding tert-OH is 1. The van der Waals surface area contributed by atoms with E-state index >= 15 is 0 Å². The Hall–Kier alpha value is -3.18. The molecule has 200 valence electrons. The molecule has 3 aromatic rings. The summed E-state index contributed by atoms with van der Waals surface area (Å²) in [5, 5.41) is 8.83. The number of unbranched alkanes of at least 4 members (excludes halogenated alkanes) is 2. The molecule has 2 heterocycles. The van der Waals surface area contributed by atoms with E-state index in [1.165, 1.54) is 12.1 Å². The Morgan fingerprint density at radius 1 is 0.946 bits per heavy atom. The molecule has 0 aliphatic rings. The number of benzene rings is 1. The predicted molar refractivity (Wildman–Crippen MR) is 138 cm³/mol. The fraction of sp³-hybridized carbons (Fsp3) is 0.385. The summed E-state index contributed by atoms with van der Waals surface area (Å²) < 4.78 is 69.7. The van der Waals surface area contributed by atoms with Gasteiger partial charge in [0, 0.05) is 25.3 Å². The number of sulfonamides is 1. The maximum absolute atomic E-state index is 13.7. The average molecular weight is 537 g/mol. The van der Waals surface area contributed by atoms with E-state index < -0.39 is 21.8 Å². The van der Waals surface area contributed by atoms with Crippen LogP contribution in [0.1, 0.15) is 43.7 Å². The van der Waals surface area contributed by atoms with Crippen LogP contribution in [0.2, 0.25) is 0 Å². The van der Waals surface area contributed by atoms with Crippen LogP contribution in [-0.4, -0.2) is 43.2 Å². The quantitative estimate of drug-likeness (QED) is 0.291. The Labute approximate surface area is 215 Å². The third-order valence-corrected chi connectivity index (χ3v) is 7.02. The molecule has 7 nitrogen and oxygen atoms in total. The average Bonchev–Trinajstić information content (AvgIpc) is 2.85. The molecule has 2 N–H and O–H groups in total. The molecule has 0 spiro atoms. The number of rotatable bonds is 12. The predicted octanol–water partition coefficient (Wildman–Crippen LogP) is 5.65. The Kier molecular flexibility index (Phi) is 9.50. The molecule has 37 heavy (non-hydrogen) atoms. The third kappa shape index (κ3) is 7.42. The van der Waals surface area contributed by atoms with E-state index in [1.54, 1.807) is 37.3 Å². The zero-order valence-corrected chi connectivity index (χ0v) is 21.6. The fourth-order valence-electron chi connectivity index (χ4n) is 3.81. The second-order valence-electron chi connectivity index (χ2n) is 8.62. The molecule has 3 rings (SSSR count). The molecular formula is C26H31F3N4O3S. The van der Waals surface area contributed by atoms with Gasteiger partial charge in [0.15, 0.2) is 5.03 Å². The van der Waals surface area contributed by atoms with E-state index in [9.17, 15) is 21.6 Å². The number of alkyl halides is 3. The van der Waals surface area contributed by atoms with E-state index in [0.29, 0.717) is 37.3 Å². The second-order valence-corrected chi connectivity index (χ2v) is 10.2. The number of aromatic nitrogens is 2. The first-order valence-corrected chi connectivity index (χ1v) is 13.5. The van der Waals surface area contributed by atoms with Crippen molar-refractivity contribution >= 4 is 21.7 Å². The summed E-state index contributed by atoms with van der Waals surface area (Å²) in [5.41, 5.74) is -0.491. The molecule has 0 atom stereocenters. The van der Waals surface area contributed by atoms with Crippen molar-refractivity contribution in [3.05, 3.63) is 65.7 Å². The first-order valence-electron chi connectivity index (χ1n) is 12.1. The largest absolute Gasteiger partial charge is 0.418 e. The number of hydrogen-bond acceptors (Lipinski definition) is 6. The maximum Gasteiger partial charge on any atom is 0.418 e. The van der Waals surface area contributed by atoms with Crippen LogP contribution >= 0.6 is 0 Å². The molecule has 0 radical (unpaired) electrons. The second kappa shape index (κ2) is 12.4. The van der Waals surface area contributed by atoms with Crippen molar-refractivity contribution in [2.75, 3.05) is 29.3 Å². The van der Waals surface area contributed by atoms with E-state index in [2.05, 4.69) is 14.7 Å². The summed E-state index contributed by atoms with van der Waals surface area (Å²) >= 11 is 0. The minimum absolute atomic E-state index is 0.0675. The Morgan fingerprint density at radius 2 is 1.68 bits per heavy atom.